The zero-order valence-electron chi connectivity index (χ0n) is 12.5. The number of hydrogen-bond donors (Lipinski definition) is 0. The van der Waals surface area contributed by atoms with Crippen LogP contribution in [0.15, 0.2) is 66.7 Å². The molecule has 0 aromatic heterocycles. The normalized spacial score (nSPS) is 10.3. The molecular formula is C19H14O4. The summed E-state index contributed by atoms with van der Waals surface area (Å²) in [5, 5.41) is 1.99. The molecule has 0 saturated carbocycles. The van der Waals surface area contributed by atoms with Crippen molar-refractivity contribution in [3.8, 4) is 5.75 Å². The number of methoxy groups -OCH3 is 1. The van der Waals surface area contributed by atoms with Crippen molar-refractivity contribution in [2.75, 3.05) is 7.11 Å². The van der Waals surface area contributed by atoms with Gasteiger partial charge in [0.1, 0.15) is 11.3 Å². The number of benzene rings is 3. The van der Waals surface area contributed by atoms with E-state index in [1.54, 1.807) is 36.4 Å². The van der Waals surface area contributed by atoms with Gasteiger partial charge in [-0.1, -0.05) is 42.5 Å². The largest absolute Gasteiger partial charge is 0.465 e. The van der Waals surface area contributed by atoms with Crippen molar-refractivity contribution >= 4 is 22.7 Å². The van der Waals surface area contributed by atoms with Crippen molar-refractivity contribution in [1.82, 2.24) is 0 Å². The van der Waals surface area contributed by atoms with Gasteiger partial charge in [0.05, 0.1) is 12.7 Å². The number of carbonyl (C=O) groups is 2. The van der Waals surface area contributed by atoms with Crippen molar-refractivity contribution in [2.45, 2.75) is 0 Å². The molecule has 0 amide bonds. The average Bonchev–Trinajstić information content (AvgIpc) is 2.61. The molecule has 4 nitrogen and oxygen atoms in total. The van der Waals surface area contributed by atoms with E-state index in [-0.39, 0.29) is 11.3 Å². The number of para-hydroxylation sites is 1. The standard InChI is InChI=1S/C19H14O4/c1-22-19(21)16-8-4-5-9-17(16)23-18(20)15-11-10-13-6-2-3-7-14(13)12-15/h2-12H,1H3. The van der Waals surface area contributed by atoms with Crippen LogP contribution in [0, 0.1) is 0 Å². The monoisotopic (exact) mass is 306 g/mol. The summed E-state index contributed by atoms with van der Waals surface area (Å²) < 4.78 is 10.1. The fourth-order valence-electron chi connectivity index (χ4n) is 2.31. The molecular weight excluding hydrogens is 292 g/mol. The molecule has 0 radical (unpaired) electrons. The summed E-state index contributed by atoms with van der Waals surface area (Å²) in [6.07, 6.45) is 0. The molecule has 114 valence electrons. The minimum Gasteiger partial charge on any atom is -0.465 e. The van der Waals surface area contributed by atoms with E-state index in [0.717, 1.165) is 10.8 Å². The van der Waals surface area contributed by atoms with Crippen LogP contribution in [0.25, 0.3) is 10.8 Å². The van der Waals surface area contributed by atoms with E-state index >= 15 is 0 Å². The van der Waals surface area contributed by atoms with Gasteiger partial charge < -0.3 is 9.47 Å². The predicted molar refractivity (Wildman–Crippen MR) is 86.7 cm³/mol. The number of hydrogen-bond acceptors (Lipinski definition) is 4. The van der Waals surface area contributed by atoms with Gasteiger partial charge in [-0.25, -0.2) is 9.59 Å². The molecule has 0 aliphatic heterocycles. The summed E-state index contributed by atoms with van der Waals surface area (Å²) in [7, 11) is 1.28. The molecule has 0 heterocycles. The molecule has 0 N–H and O–H groups in total. The molecule has 3 aromatic rings. The molecule has 0 spiro atoms. The first-order chi connectivity index (χ1) is 11.2. The van der Waals surface area contributed by atoms with Gasteiger partial charge in [0, 0.05) is 0 Å². The third-order valence-electron chi connectivity index (χ3n) is 3.48. The first-order valence-electron chi connectivity index (χ1n) is 7.07. The zero-order valence-corrected chi connectivity index (χ0v) is 12.5. The lowest BCUT2D eigenvalue weighted by Crippen LogP contribution is -2.12. The highest BCUT2D eigenvalue weighted by molar-refractivity contribution is 5.98. The summed E-state index contributed by atoms with van der Waals surface area (Å²) in [5.41, 5.74) is 0.632. The summed E-state index contributed by atoms with van der Waals surface area (Å²) >= 11 is 0. The van der Waals surface area contributed by atoms with Crippen LogP contribution in [-0.4, -0.2) is 19.0 Å². The molecule has 0 atom stereocenters. The topological polar surface area (TPSA) is 52.6 Å². The Balaban J connectivity index is 1.90. The predicted octanol–water partition coefficient (Wildman–Crippen LogP) is 3.85. The van der Waals surface area contributed by atoms with Gasteiger partial charge in [-0.05, 0) is 35.0 Å². The molecule has 3 rings (SSSR count). The van der Waals surface area contributed by atoms with Crippen LogP contribution in [0.5, 0.6) is 5.75 Å². The van der Waals surface area contributed by atoms with E-state index in [1.165, 1.54) is 7.11 Å². The van der Waals surface area contributed by atoms with Crippen LogP contribution in [-0.2, 0) is 4.74 Å². The molecule has 3 aromatic carbocycles. The first-order valence-corrected chi connectivity index (χ1v) is 7.07. The quantitative estimate of drug-likeness (QED) is 0.545. The van der Waals surface area contributed by atoms with Crippen LogP contribution in [0.2, 0.25) is 0 Å². The smallest absolute Gasteiger partial charge is 0.343 e. The average molecular weight is 306 g/mol. The lowest BCUT2D eigenvalue weighted by Gasteiger charge is -2.09. The fourth-order valence-corrected chi connectivity index (χ4v) is 2.31. The van der Waals surface area contributed by atoms with E-state index < -0.39 is 11.9 Å². The summed E-state index contributed by atoms with van der Waals surface area (Å²) in [6, 6.07) is 19.5. The number of esters is 2. The number of ether oxygens (including phenoxy) is 2. The highest BCUT2D eigenvalue weighted by atomic mass is 16.5. The third-order valence-corrected chi connectivity index (χ3v) is 3.48. The lowest BCUT2D eigenvalue weighted by molar-refractivity contribution is 0.0593. The Kier molecular flexibility index (Phi) is 4.06. The Labute approximate surface area is 133 Å². The molecule has 0 saturated heterocycles. The number of fused-ring (bicyclic) bond motifs is 1. The second-order valence-electron chi connectivity index (χ2n) is 4.94. The van der Waals surface area contributed by atoms with Crippen LogP contribution < -0.4 is 4.74 Å². The second kappa shape index (κ2) is 6.32. The van der Waals surface area contributed by atoms with E-state index in [4.69, 9.17) is 9.47 Å². The van der Waals surface area contributed by atoms with Crippen molar-refractivity contribution in [3.05, 3.63) is 77.9 Å². The SMILES string of the molecule is COC(=O)c1ccccc1OC(=O)c1ccc2ccccc2c1. The lowest BCUT2D eigenvalue weighted by atomic mass is 10.1. The van der Waals surface area contributed by atoms with Gasteiger partial charge in [-0.15, -0.1) is 0 Å². The Morgan fingerprint density at radius 1 is 0.783 bits per heavy atom. The van der Waals surface area contributed by atoms with Crippen molar-refractivity contribution in [1.29, 1.82) is 0 Å². The Morgan fingerprint density at radius 3 is 2.26 bits per heavy atom. The highest BCUT2D eigenvalue weighted by Gasteiger charge is 2.16. The van der Waals surface area contributed by atoms with Crippen LogP contribution in [0.3, 0.4) is 0 Å². The van der Waals surface area contributed by atoms with Gasteiger partial charge in [-0.3, -0.25) is 0 Å². The van der Waals surface area contributed by atoms with Gasteiger partial charge >= 0.3 is 11.9 Å². The third kappa shape index (κ3) is 3.06. The van der Waals surface area contributed by atoms with E-state index in [9.17, 15) is 9.59 Å². The maximum atomic E-state index is 12.3. The molecule has 23 heavy (non-hydrogen) atoms. The number of rotatable bonds is 3. The maximum Gasteiger partial charge on any atom is 0.343 e. The molecule has 0 fully saturated rings. The summed E-state index contributed by atoms with van der Waals surface area (Å²) in [4.78, 5) is 24.1. The van der Waals surface area contributed by atoms with Gasteiger partial charge in [0.2, 0.25) is 0 Å². The minimum absolute atomic E-state index is 0.178. The molecule has 0 unspecified atom stereocenters. The Bertz CT molecular complexity index is 883. The van der Waals surface area contributed by atoms with E-state index in [1.807, 2.05) is 30.3 Å². The molecule has 0 aliphatic carbocycles. The minimum atomic E-state index is -0.549. The Hall–Kier alpha value is -3.14. The first kappa shape index (κ1) is 14.8. The molecule has 4 heteroatoms. The number of carbonyl (C=O) groups excluding carboxylic acids is 2. The molecule has 0 aliphatic rings. The summed E-state index contributed by atoms with van der Waals surface area (Å²) in [5.74, 6) is -0.892. The van der Waals surface area contributed by atoms with Crippen LogP contribution >= 0.6 is 0 Å². The van der Waals surface area contributed by atoms with Crippen molar-refractivity contribution in [2.24, 2.45) is 0 Å². The maximum absolute atomic E-state index is 12.3. The second-order valence-corrected chi connectivity index (χ2v) is 4.94. The van der Waals surface area contributed by atoms with Gasteiger partial charge in [-0.2, -0.15) is 0 Å². The van der Waals surface area contributed by atoms with Crippen molar-refractivity contribution < 1.29 is 19.1 Å². The van der Waals surface area contributed by atoms with Gasteiger partial charge in [0.25, 0.3) is 0 Å². The van der Waals surface area contributed by atoms with Crippen molar-refractivity contribution in [3.63, 3.8) is 0 Å². The molecule has 0 bridgehead atoms. The van der Waals surface area contributed by atoms with Crippen LogP contribution in [0.1, 0.15) is 20.7 Å². The summed E-state index contributed by atoms with van der Waals surface area (Å²) in [6.45, 7) is 0. The van der Waals surface area contributed by atoms with Gasteiger partial charge in [0.15, 0.2) is 0 Å². The van der Waals surface area contributed by atoms with Crippen LogP contribution in [0.4, 0.5) is 0 Å². The Morgan fingerprint density at radius 2 is 1.48 bits per heavy atom. The highest BCUT2D eigenvalue weighted by Crippen LogP contribution is 2.21. The zero-order chi connectivity index (χ0) is 16.2. The van der Waals surface area contributed by atoms with E-state index in [2.05, 4.69) is 0 Å². The fraction of sp³-hybridized carbons (Fsp3) is 0.0526. The van der Waals surface area contributed by atoms with E-state index in [0.29, 0.717) is 5.56 Å².